The number of ketones is 1. The molecule has 0 heterocycles. The smallest absolute Gasteiger partial charge is 0.193 e. The van der Waals surface area contributed by atoms with Crippen molar-refractivity contribution < 1.29 is 4.79 Å². The topological polar surface area (TPSA) is 17.1 Å². The zero-order valence-corrected chi connectivity index (χ0v) is 57.6. The number of fused-ring (bicyclic) bond motifs is 22. The Morgan fingerprint density at radius 1 is 0.365 bits per heavy atom. The lowest BCUT2D eigenvalue weighted by Crippen LogP contribution is -2.26. The van der Waals surface area contributed by atoms with Gasteiger partial charge in [0, 0.05) is 28.9 Å². The SMILES string of the molecule is O=C(c1ccc2c(c1)C1(c3ccccc3-c3ccccc31)c1ccccc1-2)c1ccc2c(c1)C1(c3ccccc3-c3cc(C4C=CC(C5C=CC(C6=CCC=CC=C6)CC(c6cccc(-c7cccc(C8=c9cccc%10c9c(c9cccc%11cccc%10c%119)CC8)c7)c6)=C5)=CC4)ccc31)c1ccccc1-2. The predicted octanol–water partition coefficient (Wildman–Crippen LogP) is 24.3. The lowest BCUT2D eigenvalue weighted by molar-refractivity contribution is 0.103. The molecule has 8 aliphatic rings. The van der Waals surface area contributed by atoms with Crippen LogP contribution in [0.15, 0.2) is 357 Å². The summed E-state index contributed by atoms with van der Waals surface area (Å²) in [5.41, 5.74) is 33.4. The quantitative estimate of drug-likeness (QED) is 0.0641. The van der Waals surface area contributed by atoms with Gasteiger partial charge in [-0.3, -0.25) is 4.79 Å². The number of allylic oxidation sites excluding steroid dienone is 14. The van der Waals surface area contributed by atoms with E-state index in [0.717, 1.165) is 32.1 Å². The van der Waals surface area contributed by atoms with Crippen LogP contribution < -0.4 is 5.22 Å². The minimum Gasteiger partial charge on any atom is -0.289 e. The maximum Gasteiger partial charge on any atom is 0.193 e. The van der Waals surface area contributed by atoms with Crippen LogP contribution in [0.2, 0.25) is 0 Å². The third-order valence-electron chi connectivity index (χ3n) is 25.0. The van der Waals surface area contributed by atoms with Gasteiger partial charge in [0.25, 0.3) is 0 Å². The van der Waals surface area contributed by atoms with Gasteiger partial charge in [0.1, 0.15) is 0 Å². The van der Waals surface area contributed by atoms with E-state index in [0.29, 0.717) is 11.1 Å². The Morgan fingerprint density at radius 2 is 0.904 bits per heavy atom. The Hall–Kier alpha value is -12.3. The van der Waals surface area contributed by atoms with Crippen LogP contribution in [0.4, 0.5) is 0 Å². The summed E-state index contributed by atoms with van der Waals surface area (Å²) in [5, 5.41) is 9.63. The van der Waals surface area contributed by atoms with Crippen LogP contribution in [-0.2, 0) is 17.3 Å². The van der Waals surface area contributed by atoms with E-state index >= 15 is 4.79 Å². The Morgan fingerprint density at radius 3 is 1.53 bits per heavy atom. The van der Waals surface area contributed by atoms with Gasteiger partial charge >= 0.3 is 0 Å². The summed E-state index contributed by atoms with van der Waals surface area (Å²) in [4.78, 5) is 15.7. The van der Waals surface area contributed by atoms with E-state index in [1.54, 1.807) is 0 Å². The lowest BCUT2D eigenvalue weighted by Gasteiger charge is -2.31. The Bertz CT molecular complexity index is 6370. The normalized spacial score (nSPS) is 19.2. The second-order valence-corrected chi connectivity index (χ2v) is 30.0. The third kappa shape index (κ3) is 8.47. The van der Waals surface area contributed by atoms with Crippen molar-refractivity contribution in [1.29, 1.82) is 0 Å². The molecule has 0 saturated carbocycles. The highest BCUT2D eigenvalue weighted by atomic mass is 16.1. The molecule has 488 valence electrons. The molecule has 1 heteroatoms. The van der Waals surface area contributed by atoms with Gasteiger partial charge in [0.15, 0.2) is 5.78 Å². The molecule has 14 aromatic carbocycles. The van der Waals surface area contributed by atoms with Crippen LogP contribution in [0.25, 0.3) is 99.1 Å². The fourth-order valence-corrected chi connectivity index (χ4v) is 20.5. The first-order chi connectivity index (χ1) is 51.5. The van der Waals surface area contributed by atoms with Gasteiger partial charge in [-0.1, -0.05) is 322 Å². The number of hydrogen-bond acceptors (Lipinski definition) is 1. The van der Waals surface area contributed by atoms with Crippen molar-refractivity contribution >= 4 is 49.2 Å². The number of carbonyl (C=O) groups excluding carboxylic acids is 1. The van der Waals surface area contributed by atoms with E-state index in [4.69, 9.17) is 0 Å². The average molecular weight is 1320 g/mol. The molecule has 1 nitrogen and oxygen atoms in total. The highest BCUT2D eigenvalue weighted by molar-refractivity contribution is 6.24. The van der Waals surface area contributed by atoms with Gasteiger partial charge in [-0.2, -0.15) is 0 Å². The van der Waals surface area contributed by atoms with Crippen molar-refractivity contribution in [3.63, 3.8) is 0 Å². The Kier molecular flexibility index (Phi) is 13.1. The molecule has 104 heavy (non-hydrogen) atoms. The first-order valence-corrected chi connectivity index (χ1v) is 37.3. The van der Waals surface area contributed by atoms with Crippen molar-refractivity contribution in [3.8, 4) is 55.6 Å². The van der Waals surface area contributed by atoms with Crippen LogP contribution in [0.3, 0.4) is 0 Å². The van der Waals surface area contributed by atoms with E-state index < -0.39 is 10.8 Å². The molecule has 0 N–H and O–H groups in total. The molecule has 0 aromatic heterocycles. The summed E-state index contributed by atoms with van der Waals surface area (Å²) < 4.78 is 0. The minimum atomic E-state index is -0.621. The lowest BCUT2D eigenvalue weighted by atomic mass is 9.69. The van der Waals surface area contributed by atoms with Crippen LogP contribution in [0, 0.1) is 11.8 Å². The molecule has 22 rings (SSSR count). The first kappa shape index (κ1) is 59.4. The second-order valence-electron chi connectivity index (χ2n) is 30.0. The molecular formula is C103H70O. The van der Waals surface area contributed by atoms with Crippen molar-refractivity contribution in [2.24, 2.45) is 11.8 Å². The molecule has 0 bridgehead atoms. The summed E-state index contributed by atoms with van der Waals surface area (Å²) in [6.07, 6.45) is 31.2. The third-order valence-corrected chi connectivity index (χ3v) is 25.0. The number of aryl methyl sites for hydroxylation is 1. The van der Waals surface area contributed by atoms with Crippen LogP contribution in [-0.4, -0.2) is 5.78 Å². The molecule has 8 aliphatic carbocycles. The Balaban J connectivity index is 0.590. The maximum absolute atomic E-state index is 15.7. The maximum atomic E-state index is 15.7. The zero-order valence-electron chi connectivity index (χ0n) is 57.6. The van der Waals surface area contributed by atoms with Gasteiger partial charge in [-0.05, 0) is 239 Å². The molecule has 0 amide bonds. The van der Waals surface area contributed by atoms with Gasteiger partial charge < -0.3 is 0 Å². The summed E-state index contributed by atoms with van der Waals surface area (Å²) in [6, 6.07) is 105. The molecule has 0 saturated heterocycles. The predicted molar refractivity (Wildman–Crippen MR) is 430 cm³/mol. The van der Waals surface area contributed by atoms with Crippen molar-refractivity contribution in [1.82, 2.24) is 0 Å². The van der Waals surface area contributed by atoms with E-state index in [9.17, 15) is 0 Å². The second kappa shape index (κ2) is 22.9. The minimum absolute atomic E-state index is 0.0303. The van der Waals surface area contributed by atoms with Gasteiger partial charge in [0.2, 0.25) is 0 Å². The summed E-state index contributed by atoms with van der Waals surface area (Å²) >= 11 is 0. The first-order valence-electron chi connectivity index (χ1n) is 37.3. The Labute approximate surface area is 606 Å². The molecule has 14 aromatic rings. The van der Waals surface area contributed by atoms with Crippen LogP contribution >= 0.6 is 0 Å². The van der Waals surface area contributed by atoms with Crippen molar-refractivity contribution in [3.05, 3.63) is 440 Å². The average Bonchev–Trinajstić information content (AvgIpc) is 1.51. The zero-order chi connectivity index (χ0) is 68.4. The van der Waals surface area contributed by atoms with Gasteiger partial charge in [0.05, 0.1) is 10.8 Å². The highest BCUT2D eigenvalue weighted by Gasteiger charge is 2.54. The van der Waals surface area contributed by atoms with Crippen molar-refractivity contribution in [2.75, 3.05) is 0 Å². The van der Waals surface area contributed by atoms with Gasteiger partial charge in [-0.25, -0.2) is 0 Å². The van der Waals surface area contributed by atoms with Crippen LogP contribution in [0.5, 0.6) is 0 Å². The van der Waals surface area contributed by atoms with Gasteiger partial charge in [-0.15, -0.1) is 0 Å². The molecule has 0 aliphatic heterocycles. The van der Waals surface area contributed by atoms with Crippen molar-refractivity contribution in [2.45, 2.75) is 48.9 Å². The fourth-order valence-electron chi connectivity index (χ4n) is 20.5. The molecular weight excluding hydrogens is 1250 g/mol. The molecule has 0 fully saturated rings. The largest absolute Gasteiger partial charge is 0.289 e. The highest BCUT2D eigenvalue weighted by Crippen LogP contribution is 2.65. The van der Waals surface area contributed by atoms with Crippen LogP contribution in [0.1, 0.15) is 114 Å². The van der Waals surface area contributed by atoms with E-state index in [-0.39, 0.29) is 23.5 Å². The molecule has 4 atom stereocenters. The monoisotopic (exact) mass is 1320 g/mol. The van der Waals surface area contributed by atoms with E-state index in [1.807, 2.05) is 0 Å². The summed E-state index contributed by atoms with van der Waals surface area (Å²) in [6.45, 7) is 0. The molecule has 0 radical (unpaired) electrons. The fraction of sp³-hybridized carbons (Fsp3) is 0.0971. The number of carbonyl (C=O) groups is 1. The standard InChI is InChI=1S/C103H70O/c104-101(74-48-51-83-80-30-7-12-39-93(80)102(97(83)61-74)91-37-10-5-28-78(91)79-29-6-11-38-92(79)102)75-49-52-84-81-31-8-13-40-94(81)103(98(84)62-75)95-41-14-9-32-82(95)90-60-72(50-55-96(90)103)65-44-42-64(43-45-65)71-47-46-70(63-20-3-1-2-4-21-63)58-76(59-71)69-26-15-24-67(56-69)68-25-16-27-73(57-68)77-53-54-89-87-34-18-23-66-22-17-33-86(99(66)87)88-36-19-35-85(77)100(88)89/h1-3,5-44,46-52,55-57,59-62,65,70-71H,4,45,53-54,58H2. The number of benzene rings is 14. The molecule has 4 unspecified atom stereocenters. The number of hydrogen-bond donors (Lipinski definition) is 0. The summed E-state index contributed by atoms with van der Waals surface area (Å²) in [7, 11) is 0. The molecule has 2 spiro atoms. The van der Waals surface area contributed by atoms with E-state index in [2.05, 4.69) is 346 Å². The van der Waals surface area contributed by atoms with E-state index in [1.165, 1.54) is 182 Å². The summed E-state index contributed by atoms with van der Waals surface area (Å²) in [5.74, 6) is 0.578. The number of rotatable bonds is 8.